The summed E-state index contributed by atoms with van der Waals surface area (Å²) in [7, 11) is -3.30. The number of aliphatic hydroxyl groups is 1. The van der Waals surface area contributed by atoms with E-state index in [2.05, 4.69) is 15.9 Å². The zero-order valence-corrected chi connectivity index (χ0v) is 11.9. The summed E-state index contributed by atoms with van der Waals surface area (Å²) in [5, 5.41) is 8.92. The molecule has 0 aliphatic rings. The zero-order valence-electron chi connectivity index (χ0n) is 9.52. The standard InChI is InChI=1S/C11H14BrFO3S/c1-7(17(2,15)16)11(14)6-8-5-9(13)3-4-10(8)12/h3-5,7,11,14H,6H2,1-2H3. The molecule has 0 spiro atoms. The van der Waals surface area contributed by atoms with Gasteiger partial charge in [0.15, 0.2) is 9.84 Å². The molecule has 0 radical (unpaired) electrons. The summed E-state index contributed by atoms with van der Waals surface area (Å²) in [6, 6.07) is 4.10. The van der Waals surface area contributed by atoms with E-state index in [0.29, 0.717) is 10.0 Å². The van der Waals surface area contributed by atoms with E-state index < -0.39 is 27.0 Å². The lowest BCUT2D eigenvalue weighted by Gasteiger charge is -2.17. The Morgan fingerprint density at radius 1 is 1.47 bits per heavy atom. The molecule has 0 saturated heterocycles. The quantitative estimate of drug-likeness (QED) is 0.920. The Morgan fingerprint density at radius 2 is 2.06 bits per heavy atom. The molecule has 1 rings (SSSR count). The van der Waals surface area contributed by atoms with Gasteiger partial charge in [-0.2, -0.15) is 0 Å². The molecule has 0 fully saturated rings. The molecule has 0 bridgehead atoms. The van der Waals surface area contributed by atoms with E-state index in [1.165, 1.54) is 25.1 Å². The lowest BCUT2D eigenvalue weighted by Crippen LogP contribution is -2.32. The maximum atomic E-state index is 13.0. The van der Waals surface area contributed by atoms with Crippen LogP contribution >= 0.6 is 15.9 Å². The van der Waals surface area contributed by atoms with Crippen LogP contribution in [0.5, 0.6) is 0 Å². The van der Waals surface area contributed by atoms with Crippen molar-refractivity contribution in [2.24, 2.45) is 0 Å². The molecule has 0 aliphatic carbocycles. The highest BCUT2D eigenvalue weighted by Gasteiger charge is 2.24. The van der Waals surface area contributed by atoms with Gasteiger partial charge in [0.05, 0.1) is 11.4 Å². The van der Waals surface area contributed by atoms with Gasteiger partial charge in [-0.15, -0.1) is 0 Å². The summed E-state index contributed by atoms with van der Waals surface area (Å²) in [5.74, 6) is -0.414. The minimum atomic E-state index is -3.30. The van der Waals surface area contributed by atoms with Crippen molar-refractivity contribution in [3.8, 4) is 0 Å². The van der Waals surface area contributed by atoms with Crippen molar-refractivity contribution in [2.75, 3.05) is 6.26 Å². The molecule has 3 nitrogen and oxygen atoms in total. The Bertz CT molecular complexity index is 501. The topological polar surface area (TPSA) is 54.4 Å². The predicted octanol–water partition coefficient (Wildman–Crippen LogP) is 1.92. The van der Waals surface area contributed by atoms with Gasteiger partial charge in [0, 0.05) is 17.1 Å². The molecule has 2 unspecified atom stereocenters. The molecule has 1 aromatic rings. The SMILES string of the molecule is CC(C(O)Cc1cc(F)ccc1Br)S(C)(=O)=O. The molecule has 0 amide bonds. The molecule has 0 aromatic heterocycles. The van der Waals surface area contributed by atoms with Crippen LogP contribution in [0, 0.1) is 5.82 Å². The fourth-order valence-electron chi connectivity index (χ4n) is 1.38. The molecule has 17 heavy (non-hydrogen) atoms. The van der Waals surface area contributed by atoms with Crippen molar-refractivity contribution in [3.05, 3.63) is 34.1 Å². The lowest BCUT2D eigenvalue weighted by atomic mass is 10.1. The van der Waals surface area contributed by atoms with E-state index in [4.69, 9.17) is 0 Å². The fourth-order valence-corrected chi connectivity index (χ4v) is 2.45. The van der Waals surface area contributed by atoms with Crippen molar-refractivity contribution in [2.45, 2.75) is 24.7 Å². The monoisotopic (exact) mass is 324 g/mol. The molecule has 0 aliphatic heterocycles. The first-order valence-electron chi connectivity index (χ1n) is 5.02. The third-order valence-corrected chi connectivity index (χ3v) is 5.09. The highest BCUT2D eigenvalue weighted by atomic mass is 79.9. The Hall–Kier alpha value is -0.460. The Labute approximate surface area is 109 Å². The molecule has 1 aromatic carbocycles. The summed E-state index contributed by atoms with van der Waals surface area (Å²) in [6.45, 7) is 1.44. The Balaban J connectivity index is 2.88. The van der Waals surface area contributed by atoms with Crippen molar-refractivity contribution in [1.29, 1.82) is 0 Å². The number of rotatable bonds is 4. The lowest BCUT2D eigenvalue weighted by molar-refractivity contribution is 0.173. The average molecular weight is 325 g/mol. The second-order valence-electron chi connectivity index (χ2n) is 4.04. The van der Waals surface area contributed by atoms with Crippen molar-refractivity contribution < 1.29 is 17.9 Å². The number of aliphatic hydroxyl groups excluding tert-OH is 1. The van der Waals surface area contributed by atoms with Crippen LogP contribution in [-0.2, 0) is 16.3 Å². The van der Waals surface area contributed by atoms with Crippen molar-refractivity contribution in [3.63, 3.8) is 0 Å². The van der Waals surface area contributed by atoms with Gasteiger partial charge >= 0.3 is 0 Å². The van der Waals surface area contributed by atoms with E-state index in [1.54, 1.807) is 0 Å². The van der Waals surface area contributed by atoms with Gasteiger partial charge in [-0.25, -0.2) is 12.8 Å². The van der Waals surface area contributed by atoms with Crippen molar-refractivity contribution >= 4 is 25.8 Å². The third kappa shape index (κ3) is 4.04. The van der Waals surface area contributed by atoms with Crippen LogP contribution in [0.2, 0.25) is 0 Å². The van der Waals surface area contributed by atoms with Crippen molar-refractivity contribution in [1.82, 2.24) is 0 Å². The van der Waals surface area contributed by atoms with Crippen LogP contribution < -0.4 is 0 Å². The summed E-state index contributed by atoms with van der Waals surface area (Å²) in [5.41, 5.74) is 0.549. The first-order valence-corrected chi connectivity index (χ1v) is 7.77. The van der Waals surface area contributed by atoms with E-state index in [9.17, 15) is 17.9 Å². The third-order valence-electron chi connectivity index (χ3n) is 2.65. The summed E-state index contributed by atoms with van der Waals surface area (Å²) in [4.78, 5) is 0. The molecule has 0 heterocycles. The molecule has 1 N–H and O–H groups in total. The highest BCUT2D eigenvalue weighted by Crippen LogP contribution is 2.21. The second-order valence-corrected chi connectivity index (χ2v) is 7.30. The molecule has 6 heteroatoms. The number of benzene rings is 1. The first kappa shape index (κ1) is 14.6. The molecule has 96 valence electrons. The minimum Gasteiger partial charge on any atom is -0.391 e. The summed E-state index contributed by atoms with van der Waals surface area (Å²) >= 11 is 3.23. The predicted molar refractivity (Wildman–Crippen MR) is 68.1 cm³/mol. The van der Waals surface area contributed by atoms with Gasteiger partial charge in [0.25, 0.3) is 0 Å². The number of halogens is 2. The van der Waals surface area contributed by atoms with Gasteiger partial charge in [0.2, 0.25) is 0 Å². The maximum Gasteiger partial charge on any atom is 0.152 e. The van der Waals surface area contributed by atoms with E-state index in [-0.39, 0.29) is 6.42 Å². The molecular formula is C11H14BrFO3S. The van der Waals surface area contributed by atoms with Crippen LogP contribution in [0.25, 0.3) is 0 Å². The highest BCUT2D eigenvalue weighted by molar-refractivity contribution is 9.10. The van der Waals surface area contributed by atoms with Gasteiger partial charge in [0.1, 0.15) is 5.82 Å². The number of sulfone groups is 1. The Morgan fingerprint density at radius 3 is 2.59 bits per heavy atom. The average Bonchev–Trinajstić information content (AvgIpc) is 2.21. The van der Waals surface area contributed by atoms with Gasteiger partial charge < -0.3 is 5.11 Å². The van der Waals surface area contributed by atoms with Gasteiger partial charge in [-0.1, -0.05) is 15.9 Å². The van der Waals surface area contributed by atoms with E-state index in [1.807, 2.05) is 0 Å². The van der Waals surface area contributed by atoms with Gasteiger partial charge in [-0.05, 0) is 30.7 Å². The van der Waals surface area contributed by atoms with E-state index >= 15 is 0 Å². The van der Waals surface area contributed by atoms with Crippen LogP contribution in [0.15, 0.2) is 22.7 Å². The van der Waals surface area contributed by atoms with Gasteiger partial charge in [-0.3, -0.25) is 0 Å². The molecule has 2 atom stereocenters. The smallest absolute Gasteiger partial charge is 0.152 e. The summed E-state index contributed by atoms with van der Waals surface area (Å²) in [6.07, 6.45) is 0.108. The van der Waals surface area contributed by atoms with E-state index in [0.717, 1.165) is 6.26 Å². The fraction of sp³-hybridized carbons (Fsp3) is 0.455. The Kier molecular flexibility index (Phi) is 4.69. The summed E-state index contributed by atoms with van der Waals surface area (Å²) < 4.78 is 36.2. The first-order chi connectivity index (χ1) is 7.71. The van der Waals surface area contributed by atoms with Crippen LogP contribution in [0.4, 0.5) is 4.39 Å². The zero-order chi connectivity index (χ0) is 13.2. The number of hydrogen-bond donors (Lipinski definition) is 1. The normalized spacial score (nSPS) is 15.6. The maximum absolute atomic E-state index is 13.0. The second kappa shape index (κ2) is 5.46. The minimum absolute atomic E-state index is 0.0899. The largest absolute Gasteiger partial charge is 0.391 e. The molecular weight excluding hydrogens is 311 g/mol. The van der Waals surface area contributed by atoms with Crippen LogP contribution in [-0.4, -0.2) is 31.1 Å². The van der Waals surface area contributed by atoms with Crippen LogP contribution in [0.3, 0.4) is 0 Å². The van der Waals surface area contributed by atoms with Crippen LogP contribution in [0.1, 0.15) is 12.5 Å². The molecule has 0 saturated carbocycles. The number of hydrogen-bond acceptors (Lipinski definition) is 3.